The molecule has 9 heteroatoms. The molecule has 0 saturated heterocycles. The molecule has 150 valence electrons. The van der Waals surface area contributed by atoms with E-state index in [1.165, 1.54) is 37.1 Å². The monoisotopic (exact) mass is 441 g/mol. The van der Waals surface area contributed by atoms with Gasteiger partial charge in [-0.25, -0.2) is 0 Å². The van der Waals surface area contributed by atoms with Gasteiger partial charge in [-0.2, -0.15) is 5.56 Å². The van der Waals surface area contributed by atoms with Gasteiger partial charge in [-0.15, -0.1) is 0 Å². The first-order valence-corrected chi connectivity index (χ1v) is 9.15. The van der Waals surface area contributed by atoms with E-state index in [1.807, 2.05) is 31.1 Å². The largest absolute Gasteiger partial charge is 1.00 e. The van der Waals surface area contributed by atoms with Crippen LogP contribution in [0.5, 0.6) is 0 Å². The van der Waals surface area contributed by atoms with E-state index >= 15 is 0 Å². The number of benzene rings is 1. The fraction of sp³-hybridized carbons (Fsp3) is 0.400. The molecule has 2 aromatic rings. The molecule has 0 amide bonds. The molecule has 0 N–H and O–H groups in total. The van der Waals surface area contributed by atoms with Gasteiger partial charge in [0.1, 0.15) is 22.7 Å². The molecule has 0 spiro atoms. The van der Waals surface area contributed by atoms with E-state index in [0.29, 0.717) is 5.56 Å². The topological polar surface area (TPSA) is 81.4 Å². The number of carbonyl (C=O) groups excluding carboxylic acids is 2. The van der Waals surface area contributed by atoms with Gasteiger partial charge in [-0.3, -0.25) is 9.59 Å². The summed E-state index contributed by atoms with van der Waals surface area (Å²) in [6, 6.07) is 7.10. The Morgan fingerprint density at radius 2 is 1.38 bits per heavy atom. The molecule has 1 aromatic heterocycles. The van der Waals surface area contributed by atoms with Crippen LogP contribution in [0, 0.1) is 10.7 Å². The Morgan fingerprint density at radius 1 is 0.966 bits per heavy atom. The fourth-order valence-corrected chi connectivity index (χ4v) is 3.54. The molecule has 0 aliphatic rings. The maximum atomic E-state index is 13.0. The van der Waals surface area contributed by atoms with Gasteiger partial charge in [0.15, 0.2) is 4.77 Å². The van der Waals surface area contributed by atoms with Crippen LogP contribution in [-0.4, -0.2) is 34.8 Å². The van der Waals surface area contributed by atoms with Crippen LogP contribution in [0.15, 0.2) is 33.9 Å². The Labute approximate surface area is 217 Å². The van der Waals surface area contributed by atoms with Crippen LogP contribution in [0.2, 0.25) is 0 Å². The number of hydrogen-bond donors (Lipinski definition) is 0. The van der Waals surface area contributed by atoms with E-state index in [0.717, 1.165) is 5.69 Å². The number of anilines is 1. The maximum Gasteiger partial charge on any atom is 1.00 e. The molecule has 1 aromatic carbocycles. The molecule has 0 bridgehead atoms. The van der Waals surface area contributed by atoms with Crippen LogP contribution in [0.25, 0.3) is 0 Å². The van der Waals surface area contributed by atoms with Crippen LogP contribution < -0.4 is 67.4 Å². The first kappa shape index (κ1) is 25.9. The van der Waals surface area contributed by atoms with Crippen molar-refractivity contribution in [3.8, 4) is 0 Å². The van der Waals surface area contributed by atoms with Gasteiger partial charge in [0, 0.05) is 33.9 Å². The molecule has 0 radical (unpaired) electrons. The Bertz CT molecular complexity index is 1040. The predicted octanol–water partition coefficient (Wildman–Crippen LogP) is -1.47. The molecule has 0 aliphatic heterocycles. The summed E-state index contributed by atoms with van der Waals surface area (Å²) in [4.78, 5) is 52.5. The zero-order valence-electron chi connectivity index (χ0n) is 17.8. The molecule has 1 heterocycles. The zero-order chi connectivity index (χ0) is 21.3. The molecule has 2 rings (SSSR count). The van der Waals surface area contributed by atoms with Crippen molar-refractivity contribution >= 4 is 29.5 Å². The van der Waals surface area contributed by atoms with E-state index in [4.69, 9.17) is 12.2 Å². The number of aromatic nitrogens is 2. The second kappa shape index (κ2) is 10.3. The molecule has 1 atom stereocenters. The molecule has 1 unspecified atom stereocenters. The van der Waals surface area contributed by atoms with Crippen LogP contribution in [0.3, 0.4) is 0 Å². The van der Waals surface area contributed by atoms with E-state index in [9.17, 15) is 19.2 Å². The number of Topliss-reactive ketones (excluding diaryl/α,β-unsaturated/α-hetero) is 2. The second-order valence-electron chi connectivity index (χ2n) is 7.09. The third kappa shape index (κ3) is 5.15. The van der Waals surface area contributed by atoms with Crippen LogP contribution in [0.1, 0.15) is 30.9 Å². The molecular weight excluding hydrogens is 417 g/mol. The number of ketones is 2. The van der Waals surface area contributed by atoms with E-state index < -0.39 is 34.5 Å². The van der Waals surface area contributed by atoms with Crippen molar-refractivity contribution in [2.24, 2.45) is 20.0 Å². The first-order chi connectivity index (χ1) is 13.0. The summed E-state index contributed by atoms with van der Waals surface area (Å²) in [5, 5.41) is 0. The zero-order valence-corrected chi connectivity index (χ0v) is 21.8. The van der Waals surface area contributed by atoms with Gasteiger partial charge in [0.2, 0.25) is 0 Å². The third-order valence-electron chi connectivity index (χ3n) is 4.93. The Balaban J connectivity index is 0.00000420. The number of hydrogen-bond acceptors (Lipinski definition) is 6. The molecular formula is C20H24KN3O4S. The summed E-state index contributed by atoms with van der Waals surface area (Å²) in [5.74, 6) is -2.93. The summed E-state index contributed by atoms with van der Waals surface area (Å²) in [5.41, 5.74) is 0.134. The van der Waals surface area contributed by atoms with Crippen LogP contribution in [-0.2, 0) is 23.7 Å². The predicted molar refractivity (Wildman–Crippen MR) is 111 cm³/mol. The summed E-state index contributed by atoms with van der Waals surface area (Å²) in [7, 11) is 6.70. The van der Waals surface area contributed by atoms with E-state index in [2.05, 4.69) is 0 Å². The summed E-state index contributed by atoms with van der Waals surface area (Å²) in [6.07, 6.45) is 0. The molecule has 0 fully saturated rings. The van der Waals surface area contributed by atoms with Crippen molar-refractivity contribution in [3.05, 3.63) is 60.9 Å². The quantitative estimate of drug-likeness (QED) is 0.236. The minimum absolute atomic E-state index is 0. The molecule has 0 aliphatic carbocycles. The van der Waals surface area contributed by atoms with Crippen molar-refractivity contribution in [1.29, 1.82) is 0 Å². The van der Waals surface area contributed by atoms with Gasteiger partial charge in [-0.1, -0.05) is 23.6 Å². The van der Waals surface area contributed by atoms with Gasteiger partial charge in [0.25, 0.3) is 0 Å². The summed E-state index contributed by atoms with van der Waals surface area (Å²) in [6.45, 7) is 2.59. The minimum Gasteiger partial charge on any atom is -0.378 e. The van der Waals surface area contributed by atoms with Crippen molar-refractivity contribution in [3.63, 3.8) is 0 Å². The minimum atomic E-state index is -1.14. The smallest absolute Gasteiger partial charge is 0.378 e. The standard InChI is InChI=1S/C20H24N3O4S.K/c1-11(24)15(12(2)25)16(13-7-9-14(10-8-13)21(3)4)17-18(26)22(5)20(28)23(6)19(17)27;/h7-10,15-16H,1-6H3;/q-1;+1. The molecule has 7 nitrogen and oxygen atoms in total. The summed E-state index contributed by atoms with van der Waals surface area (Å²) >= 11 is 5.13. The van der Waals surface area contributed by atoms with Crippen LogP contribution in [0.4, 0.5) is 5.69 Å². The Hall–Kier alpha value is -1.10. The van der Waals surface area contributed by atoms with Crippen molar-refractivity contribution < 1.29 is 61.0 Å². The van der Waals surface area contributed by atoms with Gasteiger partial charge in [-0.05, 0) is 38.2 Å². The number of carbonyl (C=O) groups is 2. The van der Waals surface area contributed by atoms with Crippen molar-refractivity contribution in [1.82, 2.24) is 9.13 Å². The van der Waals surface area contributed by atoms with E-state index in [-0.39, 0.29) is 61.7 Å². The SMILES string of the molecule is CC(=O)C(C(C)=O)C(c1ccc(N(C)C)cc1)[c-]1c(=O)n(C)c(=S)n(C)c1=O.[K+]. The summed E-state index contributed by atoms with van der Waals surface area (Å²) < 4.78 is 2.44. The third-order valence-corrected chi connectivity index (χ3v) is 5.48. The Kier molecular flexibility index (Phi) is 9.19. The maximum absolute atomic E-state index is 13.0. The number of nitrogens with zero attached hydrogens (tertiary/aromatic N) is 3. The average Bonchev–Trinajstić information content (AvgIpc) is 2.63. The van der Waals surface area contributed by atoms with Crippen LogP contribution >= 0.6 is 12.2 Å². The fourth-order valence-electron chi connectivity index (χ4n) is 3.38. The normalized spacial score (nSPS) is 11.7. The van der Waals surface area contributed by atoms with Crippen molar-refractivity contribution in [2.45, 2.75) is 19.8 Å². The van der Waals surface area contributed by atoms with Gasteiger partial charge < -0.3 is 23.6 Å². The molecule has 29 heavy (non-hydrogen) atoms. The van der Waals surface area contributed by atoms with Gasteiger partial charge in [0.05, 0.1) is 5.92 Å². The van der Waals surface area contributed by atoms with Crippen molar-refractivity contribution in [2.75, 3.05) is 19.0 Å². The molecule has 0 saturated carbocycles. The second-order valence-corrected chi connectivity index (χ2v) is 7.45. The first-order valence-electron chi connectivity index (χ1n) is 8.74. The van der Waals surface area contributed by atoms with E-state index in [1.54, 1.807) is 12.1 Å². The van der Waals surface area contributed by atoms with Gasteiger partial charge >= 0.3 is 51.4 Å². The number of rotatable bonds is 6. The average molecular weight is 442 g/mol. The Morgan fingerprint density at radius 3 is 1.72 bits per heavy atom.